The molecule has 2 aliphatic heterocycles. The van der Waals surface area contributed by atoms with Gasteiger partial charge in [-0.25, -0.2) is 4.99 Å². The lowest BCUT2D eigenvalue weighted by Crippen LogP contribution is -2.23. The third-order valence-corrected chi connectivity index (χ3v) is 5.94. The van der Waals surface area contributed by atoms with Gasteiger partial charge in [0.15, 0.2) is 5.88 Å². The summed E-state index contributed by atoms with van der Waals surface area (Å²) >= 11 is 3.52. The molecule has 0 radical (unpaired) electrons. The molecule has 3 aromatic rings. The molecule has 148 valence electrons. The first kappa shape index (κ1) is 18.4. The van der Waals surface area contributed by atoms with Crippen molar-refractivity contribution < 1.29 is 9.94 Å². The Kier molecular flexibility index (Phi) is 4.85. The number of H-pyrrole nitrogens is 1. The van der Waals surface area contributed by atoms with Crippen LogP contribution in [0.4, 0.5) is 5.69 Å². The molecule has 1 saturated heterocycles. The molecule has 2 aliphatic rings. The number of oxime groups is 1. The number of para-hydroxylation sites is 1. The lowest BCUT2D eigenvalue weighted by Gasteiger charge is -2.13. The van der Waals surface area contributed by atoms with Crippen LogP contribution in [0, 0.1) is 0 Å². The number of hydrogen-bond acceptors (Lipinski definition) is 5. The molecule has 5 rings (SSSR count). The van der Waals surface area contributed by atoms with Crippen LogP contribution >= 0.6 is 15.9 Å². The van der Waals surface area contributed by atoms with Gasteiger partial charge < -0.3 is 14.9 Å². The summed E-state index contributed by atoms with van der Waals surface area (Å²) in [6.45, 7) is 3.67. The minimum absolute atomic E-state index is 0.0782. The maximum atomic E-state index is 10.6. The average molecular weight is 453 g/mol. The van der Waals surface area contributed by atoms with E-state index in [0.29, 0.717) is 23.6 Å². The topological polar surface area (TPSA) is 73.2 Å². The quantitative estimate of drug-likeness (QED) is 0.439. The van der Waals surface area contributed by atoms with Gasteiger partial charge in [-0.05, 0) is 50.2 Å². The standard InChI is InChI=1S/C22H21BrN4O2/c23-14-7-8-18-16(13-14)19(22(28)25-18)21-20(15-5-1-2-6-17(15)24-21)26-29-12-11-27-9-3-4-10-27/h1-2,5-8,13,25,28H,3-4,9-12H2. The van der Waals surface area contributed by atoms with E-state index >= 15 is 0 Å². The van der Waals surface area contributed by atoms with Crippen LogP contribution in [-0.2, 0) is 4.84 Å². The molecule has 0 atom stereocenters. The van der Waals surface area contributed by atoms with Crippen LogP contribution in [0.2, 0.25) is 0 Å². The monoisotopic (exact) mass is 452 g/mol. The van der Waals surface area contributed by atoms with Crippen molar-refractivity contribution in [2.75, 3.05) is 26.2 Å². The summed E-state index contributed by atoms with van der Waals surface area (Å²) in [6, 6.07) is 13.7. The number of aromatic amines is 1. The molecule has 1 aromatic heterocycles. The molecule has 3 heterocycles. The van der Waals surface area contributed by atoms with Crippen LogP contribution in [0.3, 0.4) is 0 Å². The van der Waals surface area contributed by atoms with E-state index in [4.69, 9.17) is 9.83 Å². The van der Waals surface area contributed by atoms with Crippen LogP contribution in [0.5, 0.6) is 5.88 Å². The van der Waals surface area contributed by atoms with Gasteiger partial charge in [-0.2, -0.15) is 0 Å². The number of nitrogens with one attached hydrogen (secondary N) is 1. The summed E-state index contributed by atoms with van der Waals surface area (Å²) < 4.78 is 0.932. The maximum Gasteiger partial charge on any atom is 0.199 e. The largest absolute Gasteiger partial charge is 0.494 e. The number of fused-ring (bicyclic) bond motifs is 2. The fourth-order valence-corrected chi connectivity index (χ4v) is 4.38. The normalized spacial score (nSPS) is 17.8. The Hall–Kier alpha value is -2.64. The van der Waals surface area contributed by atoms with Gasteiger partial charge in [0.25, 0.3) is 0 Å². The molecule has 7 heteroatoms. The number of aromatic nitrogens is 1. The van der Waals surface area contributed by atoms with Crippen molar-refractivity contribution in [1.82, 2.24) is 9.88 Å². The summed E-state index contributed by atoms with van der Waals surface area (Å²) in [4.78, 5) is 15.9. The summed E-state index contributed by atoms with van der Waals surface area (Å²) in [5.74, 6) is 0.0782. The summed E-state index contributed by atoms with van der Waals surface area (Å²) in [5, 5.41) is 16.0. The number of nitrogens with zero attached hydrogens (tertiary/aromatic N) is 3. The van der Waals surface area contributed by atoms with Crippen molar-refractivity contribution in [3.05, 3.63) is 58.1 Å². The predicted octanol–water partition coefficient (Wildman–Crippen LogP) is 4.59. The zero-order valence-corrected chi connectivity index (χ0v) is 17.4. The Labute approximate surface area is 177 Å². The lowest BCUT2D eigenvalue weighted by molar-refractivity contribution is 0.119. The number of rotatable bonds is 5. The summed E-state index contributed by atoms with van der Waals surface area (Å²) in [5.41, 5.74) is 4.49. The van der Waals surface area contributed by atoms with E-state index in [9.17, 15) is 5.11 Å². The third kappa shape index (κ3) is 3.45. The Balaban J connectivity index is 1.50. The first-order chi connectivity index (χ1) is 14.2. The SMILES string of the molecule is Oc1[nH]c2ccc(Br)cc2c1C1=Nc2ccccc2C1=NOCCN1CCCC1. The molecule has 0 bridgehead atoms. The number of aromatic hydroxyl groups is 1. The van der Waals surface area contributed by atoms with Crippen molar-refractivity contribution in [2.45, 2.75) is 12.8 Å². The Morgan fingerprint density at radius 3 is 2.86 bits per heavy atom. The van der Waals surface area contributed by atoms with Gasteiger partial charge in [-0.1, -0.05) is 39.3 Å². The number of hydrogen-bond donors (Lipinski definition) is 2. The molecule has 2 N–H and O–H groups in total. The number of benzene rings is 2. The predicted molar refractivity (Wildman–Crippen MR) is 118 cm³/mol. The molecule has 1 fully saturated rings. The van der Waals surface area contributed by atoms with Gasteiger partial charge in [0, 0.05) is 27.5 Å². The average Bonchev–Trinajstić information content (AvgIpc) is 3.42. The highest BCUT2D eigenvalue weighted by Gasteiger charge is 2.29. The number of aliphatic imine (C=N–C) groups is 1. The minimum atomic E-state index is 0.0782. The fourth-order valence-electron chi connectivity index (χ4n) is 4.02. The zero-order chi connectivity index (χ0) is 19.8. The van der Waals surface area contributed by atoms with Gasteiger partial charge in [-0.3, -0.25) is 4.90 Å². The van der Waals surface area contributed by atoms with Crippen molar-refractivity contribution in [3.63, 3.8) is 0 Å². The second kappa shape index (κ2) is 7.65. The summed E-state index contributed by atoms with van der Waals surface area (Å²) in [7, 11) is 0. The van der Waals surface area contributed by atoms with E-state index in [1.54, 1.807) is 0 Å². The fraction of sp³-hybridized carbons (Fsp3) is 0.273. The number of halogens is 1. The van der Waals surface area contributed by atoms with Gasteiger partial charge in [0.1, 0.15) is 18.0 Å². The molecule has 0 aliphatic carbocycles. The highest BCUT2D eigenvalue weighted by atomic mass is 79.9. The van der Waals surface area contributed by atoms with Crippen molar-refractivity contribution in [2.24, 2.45) is 10.1 Å². The molecule has 0 amide bonds. The minimum Gasteiger partial charge on any atom is -0.494 e. The van der Waals surface area contributed by atoms with Crippen LogP contribution in [0.1, 0.15) is 24.0 Å². The van der Waals surface area contributed by atoms with Gasteiger partial charge >= 0.3 is 0 Å². The molecule has 2 aromatic carbocycles. The van der Waals surface area contributed by atoms with Crippen molar-refractivity contribution >= 4 is 43.9 Å². The van der Waals surface area contributed by atoms with Crippen LogP contribution in [0.25, 0.3) is 10.9 Å². The van der Waals surface area contributed by atoms with E-state index in [-0.39, 0.29) is 5.88 Å². The Morgan fingerprint density at radius 2 is 2.00 bits per heavy atom. The zero-order valence-electron chi connectivity index (χ0n) is 15.9. The van der Waals surface area contributed by atoms with E-state index in [1.165, 1.54) is 12.8 Å². The van der Waals surface area contributed by atoms with E-state index in [1.807, 2.05) is 42.5 Å². The first-order valence-electron chi connectivity index (χ1n) is 9.82. The molecule has 0 saturated carbocycles. The van der Waals surface area contributed by atoms with Crippen molar-refractivity contribution in [1.29, 1.82) is 0 Å². The second-order valence-electron chi connectivity index (χ2n) is 7.34. The lowest BCUT2D eigenvalue weighted by atomic mass is 10.0. The summed E-state index contributed by atoms with van der Waals surface area (Å²) in [6.07, 6.45) is 2.52. The first-order valence-corrected chi connectivity index (χ1v) is 10.6. The molecule has 0 spiro atoms. The van der Waals surface area contributed by atoms with Crippen LogP contribution in [0.15, 0.2) is 57.1 Å². The van der Waals surface area contributed by atoms with Gasteiger partial charge in [-0.15, -0.1) is 0 Å². The second-order valence-corrected chi connectivity index (χ2v) is 8.25. The smallest absolute Gasteiger partial charge is 0.199 e. The molecule has 0 unspecified atom stereocenters. The molecule has 29 heavy (non-hydrogen) atoms. The van der Waals surface area contributed by atoms with E-state index in [0.717, 1.165) is 46.3 Å². The Morgan fingerprint density at radius 1 is 1.17 bits per heavy atom. The Bertz CT molecular complexity index is 1130. The third-order valence-electron chi connectivity index (χ3n) is 5.45. The maximum absolute atomic E-state index is 10.6. The molecule has 6 nitrogen and oxygen atoms in total. The van der Waals surface area contributed by atoms with E-state index in [2.05, 4.69) is 31.0 Å². The molecular weight excluding hydrogens is 432 g/mol. The van der Waals surface area contributed by atoms with Gasteiger partial charge in [0.05, 0.1) is 11.3 Å². The van der Waals surface area contributed by atoms with Crippen LogP contribution in [-0.4, -0.2) is 52.7 Å². The molecular formula is C22H21BrN4O2. The number of likely N-dealkylation sites (tertiary alicyclic amines) is 1. The van der Waals surface area contributed by atoms with Crippen molar-refractivity contribution in [3.8, 4) is 5.88 Å². The van der Waals surface area contributed by atoms with E-state index < -0.39 is 0 Å². The highest BCUT2D eigenvalue weighted by molar-refractivity contribution is 9.10. The highest BCUT2D eigenvalue weighted by Crippen LogP contribution is 2.36. The van der Waals surface area contributed by atoms with Gasteiger partial charge in [0.2, 0.25) is 0 Å². The van der Waals surface area contributed by atoms with Crippen LogP contribution < -0.4 is 0 Å².